The summed E-state index contributed by atoms with van der Waals surface area (Å²) in [6, 6.07) is -1.02. The molecule has 0 radical (unpaired) electrons. The van der Waals surface area contributed by atoms with Crippen molar-refractivity contribution >= 4 is 16.3 Å². The van der Waals surface area contributed by atoms with Crippen molar-refractivity contribution in [2.75, 3.05) is 13.2 Å². The van der Waals surface area contributed by atoms with Gasteiger partial charge in [0.25, 0.3) is 0 Å². The minimum Gasteiger partial charge on any atom is -0.394 e. The summed E-state index contributed by atoms with van der Waals surface area (Å²) in [5.74, 6) is -0.676. The number of unbranched alkanes of at least 4 members (excludes halogenated alkanes) is 17. The summed E-state index contributed by atoms with van der Waals surface area (Å²) >= 11 is 0. The van der Waals surface area contributed by atoms with Gasteiger partial charge in [-0.3, -0.25) is 9.35 Å². The van der Waals surface area contributed by atoms with Crippen molar-refractivity contribution in [3.8, 4) is 0 Å². The highest BCUT2D eigenvalue weighted by Crippen LogP contribution is 2.26. The molecule has 286 valence electrons. The third-order valence-corrected chi connectivity index (χ3v) is 9.49. The van der Waals surface area contributed by atoms with E-state index in [0.717, 1.165) is 44.9 Å². The fourth-order valence-corrected chi connectivity index (χ4v) is 6.50. The first-order valence-corrected chi connectivity index (χ1v) is 19.9. The van der Waals surface area contributed by atoms with Crippen LogP contribution in [0.2, 0.25) is 0 Å². The molecule has 48 heavy (non-hydrogen) atoms. The number of ether oxygens (including phenoxy) is 2. The molecule has 1 saturated heterocycles. The Balaban J connectivity index is 2.57. The minimum absolute atomic E-state index is 0.264. The number of amides is 1. The number of hydrogen-bond donors (Lipinski definition) is 7. The topological polar surface area (TPSA) is 212 Å². The summed E-state index contributed by atoms with van der Waals surface area (Å²) in [5.41, 5.74) is 0. The lowest BCUT2D eigenvalue weighted by Crippen LogP contribution is -2.61. The molecule has 14 heteroatoms. The fourth-order valence-electron chi connectivity index (χ4n) is 5.99. The van der Waals surface area contributed by atoms with Gasteiger partial charge in [-0.2, -0.15) is 8.42 Å². The van der Waals surface area contributed by atoms with Gasteiger partial charge in [0.1, 0.15) is 30.5 Å². The molecule has 1 aliphatic heterocycles. The molecule has 0 saturated carbocycles. The van der Waals surface area contributed by atoms with Crippen LogP contribution in [-0.2, 0) is 28.9 Å². The average Bonchev–Trinajstić information content (AvgIpc) is 3.04. The second-order valence-electron chi connectivity index (χ2n) is 13.3. The predicted octanol–water partition coefficient (Wildman–Crippen LogP) is 4.07. The van der Waals surface area contributed by atoms with Crippen molar-refractivity contribution in [2.24, 2.45) is 0 Å². The van der Waals surface area contributed by atoms with E-state index < -0.39 is 78.5 Å². The van der Waals surface area contributed by atoms with Crippen LogP contribution in [0.15, 0.2) is 0 Å². The smallest absolute Gasteiger partial charge is 0.394 e. The molecule has 1 amide bonds. The van der Waals surface area contributed by atoms with Crippen LogP contribution in [0.25, 0.3) is 0 Å². The zero-order valence-corrected chi connectivity index (χ0v) is 30.2. The lowest BCUT2D eigenvalue weighted by atomic mass is 9.99. The number of nitrogens with one attached hydrogen (secondary N) is 1. The summed E-state index contributed by atoms with van der Waals surface area (Å²) in [6.07, 6.45) is 10.9. The van der Waals surface area contributed by atoms with Gasteiger partial charge in [0.2, 0.25) is 5.91 Å². The molecule has 8 unspecified atom stereocenters. The Bertz CT molecular complexity index is 911. The lowest BCUT2D eigenvalue weighted by Gasteiger charge is -2.41. The highest BCUT2D eigenvalue weighted by atomic mass is 32.3. The number of aliphatic hydroxyl groups is 5. The van der Waals surface area contributed by atoms with Crippen LogP contribution in [0.5, 0.6) is 0 Å². The maximum atomic E-state index is 12.9. The van der Waals surface area contributed by atoms with E-state index in [-0.39, 0.29) is 6.42 Å². The highest BCUT2D eigenvalue weighted by molar-refractivity contribution is 7.80. The molecule has 0 aromatic carbocycles. The standard InChI is InChI=1S/C34H67NO12S/c1-3-5-7-9-10-11-12-13-14-15-16-17-19-21-23-28(38)33(41)35-26(27(37)22-20-18-8-6-4-2)25-45-34-31(40)32(47-48(42,43)44)30(39)29(24-36)46-34/h26-32,34,36-40H,3-25H2,1-2H3,(H,35,41)(H,42,43,44). The summed E-state index contributed by atoms with van der Waals surface area (Å²) in [7, 11) is -5.09. The minimum atomic E-state index is -5.09. The van der Waals surface area contributed by atoms with E-state index >= 15 is 0 Å². The van der Waals surface area contributed by atoms with E-state index in [2.05, 4.69) is 23.3 Å². The SMILES string of the molecule is CCCCCCCCCCCCCCCCC(O)C(=O)NC(COC1OC(CO)C(O)C(OS(=O)(=O)O)C1O)C(O)CCCCCCC. The first-order valence-electron chi connectivity index (χ1n) is 18.5. The van der Waals surface area contributed by atoms with Gasteiger partial charge in [0.05, 0.1) is 25.4 Å². The van der Waals surface area contributed by atoms with Crippen LogP contribution in [0.1, 0.15) is 149 Å². The van der Waals surface area contributed by atoms with Crippen LogP contribution in [0.4, 0.5) is 0 Å². The highest BCUT2D eigenvalue weighted by Gasteiger charge is 2.48. The van der Waals surface area contributed by atoms with E-state index in [0.29, 0.717) is 19.3 Å². The second-order valence-corrected chi connectivity index (χ2v) is 14.4. The Morgan fingerprint density at radius 1 is 0.750 bits per heavy atom. The number of carbonyl (C=O) groups is 1. The molecule has 7 N–H and O–H groups in total. The van der Waals surface area contributed by atoms with Gasteiger partial charge in [-0.25, -0.2) is 4.18 Å². The molecule has 0 aliphatic carbocycles. The van der Waals surface area contributed by atoms with Gasteiger partial charge in [-0.1, -0.05) is 136 Å². The van der Waals surface area contributed by atoms with Gasteiger partial charge in [-0.05, 0) is 12.8 Å². The molecule has 8 atom stereocenters. The Labute approximate surface area is 289 Å². The molecule has 0 spiro atoms. The molecule has 1 fully saturated rings. The van der Waals surface area contributed by atoms with E-state index in [1.54, 1.807) is 0 Å². The van der Waals surface area contributed by atoms with E-state index in [1.807, 2.05) is 0 Å². The number of carbonyl (C=O) groups excluding carboxylic acids is 1. The number of aliphatic hydroxyl groups excluding tert-OH is 5. The largest absolute Gasteiger partial charge is 0.397 e. The normalized spacial score (nSPS) is 23.5. The van der Waals surface area contributed by atoms with E-state index in [9.17, 15) is 38.7 Å². The average molecular weight is 714 g/mol. The van der Waals surface area contributed by atoms with Crippen LogP contribution in [0, 0.1) is 0 Å². The van der Waals surface area contributed by atoms with Crippen molar-refractivity contribution in [3.63, 3.8) is 0 Å². The van der Waals surface area contributed by atoms with Crippen LogP contribution in [-0.4, -0.2) is 107 Å². The van der Waals surface area contributed by atoms with Gasteiger partial charge < -0.3 is 40.3 Å². The molecule has 1 rings (SSSR count). The van der Waals surface area contributed by atoms with E-state index in [1.165, 1.54) is 64.2 Å². The summed E-state index contributed by atoms with van der Waals surface area (Å²) in [5, 5.41) is 54.6. The Morgan fingerprint density at radius 3 is 1.67 bits per heavy atom. The zero-order valence-electron chi connectivity index (χ0n) is 29.4. The molecule has 1 heterocycles. The molecule has 13 nitrogen and oxygen atoms in total. The molecular formula is C34H67NO12S. The van der Waals surface area contributed by atoms with Crippen molar-refractivity contribution < 1.29 is 57.0 Å². The summed E-state index contributed by atoms with van der Waals surface area (Å²) < 4.78 is 47.0. The van der Waals surface area contributed by atoms with Gasteiger partial charge in [0, 0.05) is 0 Å². The van der Waals surface area contributed by atoms with Gasteiger partial charge in [-0.15, -0.1) is 0 Å². The maximum absolute atomic E-state index is 12.9. The van der Waals surface area contributed by atoms with Crippen LogP contribution < -0.4 is 5.32 Å². The Hall–Kier alpha value is -0.940. The maximum Gasteiger partial charge on any atom is 0.397 e. The van der Waals surface area contributed by atoms with Gasteiger partial charge >= 0.3 is 10.4 Å². The first-order chi connectivity index (χ1) is 22.9. The molecule has 1 aliphatic rings. The van der Waals surface area contributed by atoms with Crippen molar-refractivity contribution in [2.45, 2.75) is 198 Å². The third-order valence-electron chi connectivity index (χ3n) is 9.02. The third kappa shape index (κ3) is 20.0. The molecular weight excluding hydrogens is 646 g/mol. The molecule has 0 bridgehead atoms. The number of rotatable bonds is 30. The van der Waals surface area contributed by atoms with Crippen molar-refractivity contribution in [1.29, 1.82) is 0 Å². The second kappa shape index (κ2) is 26.8. The molecule has 0 aromatic rings. The quantitative estimate of drug-likeness (QED) is 0.0415. The predicted molar refractivity (Wildman–Crippen MR) is 182 cm³/mol. The van der Waals surface area contributed by atoms with Gasteiger partial charge in [0.15, 0.2) is 6.29 Å². The number of hydrogen-bond acceptors (Lipinski definition) is 11. The lowest BCUT2D eigenvalue weighted by molar-refractivity contribution is -0.298. The first kappa shape index (κ1) is 45.1. The van der Waals surface area contributed by atoms with E-state index in [4.69, 9.17) is 14.0 Å². The van der Waals surface area contributed by atoms with Crippen LogP contribution in [0.3, 0.4) is 0 Å². The Morgan fingerprint density at radius 2 is 1.21 bits per heavy atom. The summed E-state index contributed by atoms with van der Waals surface area (Å²) in [4.78, 5) is 12.9. The van der Waals surface area contributed by atoms with Crippen molar-refractivity contribution in [3.05, 3.63) is 0 Å². The summed E-state index contributed by atoms with van der Waals surface area (Å²) in [6.45, 7) is 3.13. The fraction of sp³-hybridized carbons (Fsp3) is 0.971. The molecule has 0 aromatic heterocycles. The zero-order chi connectivity index (χ0) is 35.8. The monoisotopic (exact) mass is 713 g/mol. The Kier molecular flexibility index (Phi) is 25.2. The van der Waals surface area contributed by atoms with Crippen LogP contribution >= 0.6 is 0 Å². The van der Waals surface area contributed by atoms with Crippen molar-refractivity contribution in [1.82, 2.24) is 5.32 Å².